The second kappa shape index (κ2) is 12.5. The summed E-state index contributed by atoms with van der Waals surface area (Å²) in [5.74, 6) is -1.90. The first-order valence-corrected chi connectivity index (χ1v) is 16.2. The second-order valence-corrected chi connectivity index (χ2v) is 14.4. The first kappa shape index (κ1) is 30.7. The highest BCUT2D eigenvalue weighted by molar-refractivity contribution is 8.03. The van der Waals surface area contributed by atoms with Gasteiger partial charge in [0.15, 0.2) is 0 Å². The molecule has 0 bridgehead atoms. The number of thioether (sulfide) groups is 2. The number of benzene rings is 2. The predicted octanol–water partition coefficient (Wildman–Crippen LogP) is 3.12. The van der Waals surface area contributed by atoms with Gasteiger partial charge in [0.2, 0.25) is 11.8 Å². The molecule has 3 aliphatic rings. The summed E-state index contributed by atoms with van der Waals surface area (Å²) in [6.45, 7) is 6.92. The molecule has 2 fully saturated rings. The van der Waals surface area contributed by atoms with Gasteiger partial charge < -0.3 is 37.2 Å². The lowest BCUT2D eigenvalue weighted by atomic mass is 9.80. The van der Waals surface area contributed by atoms with Crippen LogP contribution in [0.15, 0.2) is 40.9 Å². The van der Waals surface area contributed by atoms with E-state index in [0.717, 1.165) is 34.2 Å². The number of carboxylic acids is 1. The van der Waals surface area contributed by atoms with Crippen LogP contribution in [0.3, 0.4) is 0 Å². The summed E-state index contributed by atoms with van der Waals surface area (Å²) in [5.41, 5.74) is 14.5. The molecule has 3 aliphatic heterocycles. The van der Waals surface area contributed by atoms with Gasteiger partial charge in [-0.1, -0.05) is 26.0 Å². The Hall–Kier alpha value is -2.77. The molecule has 2 saturated heterocycles. The summed E-state index contributed by atoms with van der Waals surface area (Å²) in [6, 6.07) is 9.80. The number of anilines is 2. The van der Waals surface area contributed by atoms with Crippen molar-refractivity contribution < 1.29 is 24.6 Å². The van der Waals surface area contributed by atoms with E-state index in [4.69, 9.17) is 11.5 Å². The normalized spacial score (nSPS) is 26.7. The predicted molar refractivity (Wildman–Crippen MR) is 169 cm³/mol. The monoisotopic (exact) mass is 613 g/mol. The number of amides is 2. The number of nitrogens with one attached hydrogen (secondary N) is 2. The fourth-order valence-electron chi connectivity index (χ4n) is 6.57. The van der Waals surface area contributed by atoms with Crippen molar-refractivity contribution in [1.82, 2.24) is 10.2 Å². The molecule has 3 heterocycles. The number of nitrogens with two attached hydrogens (primary N) is 2. The topological polar surface area (TPSA) is 171 Å². The van der Waals surface area contributed by atoms with E-state index in [-0.39, 0.29) is 70.3 Å². The maximum Gasteiger partial charge on any atom is 0.353 e. The number of carboxylic acid groups (broad SMARTS) is 1. The molecule has 10 nitrogen and oxygen atoms in total. The molecule has 2 aromatic carbocycles. The quantitative estimate of drug-likeness (QED) is 0.163. The van der Waals surface area contributed by atoms with Gasteiger partial charge in [-0.25, -0.2) is 4.79 Å². The van der Waals surface area contributed by atoms with Crippen LogP contribution in [0.4, 0.5) is 11.4 Å². The molecule has 42 heavy (non-hydrogen) atoms. The Kier molecular flexibility index (Phi) is 9.10. The van der Waals surface area contributed by atoms with Crippen LogP contribution in [-0.4, -0.2) is 75.2 Å². The lowest BCUT2D eigenvalue weighted by Crippen LogP contribution is -2.60. The van der Waals surface area contributed by atoms with E-state index in [1.54, 1.807) is 11.8 Å². The zero-order chi connectivity index (χ0) is 30.3. The molecule has 12 heteroatoms. The highest BCUT2D eigenvalue weighted by Crippen LogP contribution is 2.52. The van der Waals surface area contributed by atoms with Gasteiger partial charge in [0.1, 0.15) is 5.70 Å². The van der Waals surface area contributed by atoms with Crippen LogP contribution in [0.2, 0.25) is 0 Å². The second-order valence-electron chi connectivity index (χ2n) is 11.4. The third kappa shape index (κ3) is 5.62. The molecule has 8 N–H and O–H groups in total. The molecule has 0 aliphatic carbocycles. The summed E-state index contributed by atoms with van der Waals surface area (Å²) >= 11 is 3.43. The number of carbonyl (C=O) groups is 3. The Bertz CT molecular complexity index is 1430. The van der Waals surface area contributed by atoms with Crippen LogP contribution < -0.4 is 22.1 Å². The van der Waals surface area contributed by atoms with Gasteiger partial charge >= 0.3 is 5.97 Å². The Morgan fingerprint density at radius 1 is 1.26 bits per heavy atom. The number of hydrogen-bond acceptors (Lipinski definition) is 9. The molecule has 0 radical (unpaired) electrons. The first-order valence-electron chi connectivity index (χ1n) is 14.3. The number of carbonyl (C=O) groups excluding carboxylic acids is 2. The van der Waals surface area contributed by atoms with Gasteiger partial charge in [0.05, 0.1) is 18.5 Å². The van der Waals surface area contributed by atoms with E-state index < -0.39 is 5.97 Å². The maximum absolute atomic E-state index is 12.7. The lowest BCUT2D eigenvalue weighted by Gasteiger charge is -2.45. The number of nitrogen functional groups attached to an aromatic ring is 1. The molecule has 2 aromatic rings. The highest BCUT2D eigenvalue weighted by atomic mass is 32.2. The minimum atomic E-state index is -1.07. The number of aliphatic carboxylic acids is 1. The lowest BCUT2D eigenvalue weighted by molar-refractivity contribution is -0.157. The van der Waals surface area contributed by atoms with E-state index in [0.29, 0.717) is 17.8 Å². The van der Waals surface area contributed by atoms with Crippen LogP contribution in [0.1, 0.15) is 44.4 Å². The third-order valence-corrected chi connectivity index (χ3v) is 11.6. The van der Waals surface area contributed by atoms with Gasteiger partial charge in [-0.15, -0.1) is 23.5 Å². The Morgan fingerprint density at radius 2 is 2.02 bits per heavy atom. The number of β-lactam (4-membered cyclic amide) rings is 1. The number of rotatable bonds is 11. The summed E-state index contributed by atoms with van der Waals surface area (Å²) in [5, 5.41) is 28.3. The van der Waals surface area contributed by atoms with Gasteiger partial charge in [-0.05, 0) is 48.9 Å². The maximum atomic E-state index is 12.7. The van der Waals surface area contributed by atoms with Crippen LogP contribution in [0.5, 0.6) is 0 Å². The molecule has 0 saturated carbocycles. The van der Waals surface area contributed by atoms with Crippen LogP contribution in [0, 0.1) is 11.8 Å². The van der Waals surface area contributed by atoms with E-state index in [9.17, 15) is 24.6 Å². The Labute approximate surface area is 254 Å². The molecular formula is C30H39N5O5S2. The molecule has 3 unspecified atom stereocenters. The zero-order valence-electron chi connectivity index (χ0n) is 24.0. The highest BCUT2D eigenvalue weighted by Gasteiger charge is 2.58. The summed E-state index contributed by atoms with van der Waals surface area (Å²) < 4.78 is 0. The third-order valence-electron chi connectivity index (χ3n) is 8.69. The van der Waals surface area contributed by atoms with Crippen molar-refractivity contribution in [3.8, 4) is 0 Å². The van der Waals surface area contributed by atoms with E-state index in [1.165, 1.54) is 4.90 Å². The number of fused-ring (bicyclic) bond motifs is 2. The summed E-state index contributed by atoms with van der Waals surface area (Å²) in [4.78, 5) is 38.9. The van der Waals surface area contributed by atoms with Crippen molar-refractivity contribution in [2.24, 2.45) is 17.6 Å². The van der Waals surface area contributed by atoms with Crippen molar-refractivity contribution >= 4 is 63.5 Å². The number of nitrogens with zero attached hydrogens (tertiary/aromatic N) is 1. The largest absolute Gasteiger partial charge is 0.477 e. The van der Waals surface area contributed by atoms with Crippen molar-refractivity contribution in [1.29, 1.82) is 0 Å². The molecule has 5 rings (SSSR count). The van der Waals surface area contributed by atoms with Crippen molar-refractivity contribution in [3.05, 3.63) is 46.5 Å². The minimum absolute atomic E-state index is 0.0683. The van der Waals surface area contributed by atoms with Crippen LogP contribution in [-0.2, 0) is 14.4 Å². The van der Waals surface area contributed by atoms with Gasteiger partial charge in [-0.2, -0.15) is 0 Å². The zero-order valence-corrected chi connectivity index (χ0v) is 25.6. The average Bonchev–Trinajstić information content (AvgIpc) is 3.53. The minimum Gasteiger partial charge on any atom is -0.477 e. The molecule has 2 amide bonds. The van der Waals surface area contributed by atoms with Crippen LogP contribution in [0.25, 0.3) is 10.8 Å². The van der Waals surface area contributed by atoms with Crippen molar-refractivity contribution in [2.45, 2.75) is 61.4 Å². The fraction of sp³-hybridized carbons (Fsp3) is 0.500. The van der Waals surface area contributed by atoms with Crippen molar-refractivity contribution in [3.63, 3.8) is 0 Å². The number of aliphatic hydroxyl groups is 1. The summed E-state index contributed by atoms with van der Waals surface area (Å²) in [7, 11) is 0. The smallest absolute Gasteiger partial charge is 0.353 e. The Morgan fingerprint density at radius 3 is 2.71 bits per heavy atom. The summed E-state index contributed by atoms with van der Waals surface area (Å²) in [6.07, 6.45) is 1.24. The molecule has 7 atom stereocenters. The van der Waals surface area contributed by atoms with Crippen molar-refractivity contribution in [2.75, 3.05) is 30.7 Å². The molecular weight excluding hydrogens is 574 g/mol. The first-order chi connectivity index (χ1) is 20.0. The SMILES string of the molecule is CC(SC(C)C1C[C@H](SC2=C(C(=O)O)N3C(=O)[C@@H](CCO)[C@@H]3[C@H]2C)CN1)c1cc2cccc(NC(=O)CN)c2cc1N. The number of hydrogen-bond donors (Lipinski definition) is 6. The Balaban J connectivity index is 1.24. The fourth-order valence-corrected chi connectivity index (χ4v) is 9.45. The van der Waals surface area contributed by atoms with E-state index >= 15 is 0 Å². The van der Waals surface area contributed by atoms with Gasteiger partial charge in [0.25, 0.3) is 0 Å². The molecule has 0 spiro atoms. The van der Waals surface area contributed by atoms with E-state index in [1.807, 2.05) is 43.0 Å². The van der Waals surface area contributed by atoms with E-state index in [2.05, 4.69) is 30.5 Å². The standard InChI is InChI=1S/C30H39N5O5S2/c1-14-26-19(7-8-36)29(38)35(26)27(30(39)40)28(14)42-18-10-24(33-13-18)16(3)41-15(2)20-9-17-5-4-6-23(34-25(37)12-31)21(17)11-22(20)32/h4-6,9,11,14-16,18-19,24,26,33,36H,7-8,10,12-13,31-32H2,1-3H3,(H,34,37)(H,39,40)/t14-,15?,16?,18+,19+,24?,26+/m1/s1. The molecule has 226 valence electrons. The molecule has 0 aromatic heterocycles. The number of aliphatic hydroxyl groups excluding tert-OH is 1. The van der Waals surface area contributed by atoms with Crippen LogP contribution >= 0.6 is 23.5 Å². The average molecular weight is 614 g/mol. The van der Waals surface area contributed by atoms with Gasteiger partial charge in [0, 0.05) is 62.5 Å². The van der Waals surface area contributed by atoms with Gasteiger partial charge in [-0.3, -0.25) is 9.59 Å².